The molecule has 1 aliphatic carbocycles. The topological polar surface area (TPSA) is 42.0 Å². The molecule has 0 unspecified atom stereocenters. The van der Waals surface area contributed by atoms with Crippen molar-refractivity contribution < 1.29 is 4.79 Å². The number of carbonyl (C=O) groups is 1. The Morgan fingerprint density at radius 3 is 2.65 bits per heavy atom. The highest BCUT2D eigenvalue weighted by Gasteiger charge is 2.21. The summed E-state index contributed by atoms with van der Waals surface area (Å²) in [5, 5.41) is 3.69. The first-order chi connectivity index (χ1) is 12.6. The van der Waals surface area contributed by atoms with Crippen LogP contribution < -0.4 is 5.32 Å². The molecule has 4 rings (SSSR count). The van der Waals surface area contributed by atoms with Gasteiger partial charge in [-0.2, -0.15) is 0 Å². The van der Waals surface area contributed by atoms with Gasteiger partial charge in [-0.1, -0.05) is 62.4 Å². The Morgan fingerprint density at radius 1 is 1.12 bits per heavy atom. The van der Waals surface area contributed by atoms with E-state index in [0.29, 0.717) is 17.5 Å². The van der Waals surface area contributed by atoms with E-state index in [9.17, 15) is 4.79 Å². The summed E-state index contributed by atoms with van der Waals surface area (Å²) in [6.07, 6.45) is 2.41. The highest BCUT2D eigenvalue weighted by Crippen LogP contribution is 2.37. The fourth-order valence-electron chi connectivity index (χ4n) is 3.37. The number of hydrogen-bond donors (Lipinski definition) is 1. The van der Waals surface area contributed by atoms with Crippen LogP contribution in [0.4, 0.5) is 5.13 Å². The number of thiazole rings is 1. The van der Waals surface area contributed by atoms with Gasteiger partial charge in [-0.05, 0) is 35.4 Å². The maximum atomic E-state index is 12.4. The molecule has 3 nitrogen and oxygen atoms in total. The predicted molar refractivity (Wildman–Crippen MR) is 108 cm³/mol. The monoisotopic (exact) mass is 362 g/mol. The average molecular weight is 362 g/mol. The van der Waals surface area contributed by atoms with Crippen molar-refractivity contribution in [1.82, 2.24) is 4.98 Å². The molecule has 0 aliphatic heterocycles. The second-order valence-corrected chi connectivity index (χ2v) is 8.15. The minimum absolute atomic E-state index is 0.0123. The molecule has 1 aliphatic rings. The van der Waals surface area contributed by atoms with Crippen LogP contribution in [-0.4, -0.2) is 10.9 Å². The SMILES string of the molecule is CC(C)c1ccc(CC(=O)Nc2nc3c(s2)CCc2ccccc2-3)cc1. The lowest BCUT2D eigenvalue weighted by molar-refractivity contribution is -0.115. The molecular formula is C22H22N2OS. The van der Waals surface area contributed by atoms with Crippen molar-refractivity contribution in [3.05, 3.63) is 70.1 Å². The maximum Gasteiger partial charge on any atom is 0.230 e. The van der Waals surface area contributed by atoms with Gasteiger partial charge in [0.05, 0.1) is 12.1 Å². The Labute approximate surface area is 158 Å². The van der Waals surface area contributed by atoms with Crippen molar-refractivity contribution in [2.45, 2.75) is 39.0 Å². The predicted octanol–water partition coefficient (Wildman–Crippen LogP) is 5.21. The number of rotatable bonds is 4. The summed E-state index contributed by atoms with van der Waals surface area (Å²) in [5.41, 5.74) is 5.90. The molecule has 1 N–H and O–H groups in total. The van der Waals surface area contributed by atoms with E-state index >= 15 is 0 Å². The van der Waals surface area contributed by atoms with Crippen LogP contribution in [0.1, 0.15) is 41.3 Å². The fourth-order valence-corrected chi connectivity index (χ4v) is 4.36. The molecule has 0 bridgehead atoms. The molecule has 2 aromatic carbocycles. The van der Waals surface area contributed by atoms with Gasteiger partial charge in [0.1, 0.15) is 0 Å². The normalized spacial score (nSPS) is 12.6. The Bertz CT molecular complexity index is 941. The van der Waals surface area contributed by atoms with E-state index in [0.717, 1.165) is 24.1 Å². The zero-order chi connectivity index (χ0) is 18.1. The van der Waals surface area contributed by atoms with Gasteiger partial charge in [0.15, 0.2) is 5.13 Å². The Morgan fingerprint density at radius 2 is 1.88 bits per heavy atom. The molecule has 4 heteroatoms. The smallest absolute Gasteiger partial charge is 0.230 e. The van der Waals surface area contributed by atoms with Crippen LogP contribution in [0.15, 0.2) is 48.5 Å². The summed E-state index contributed by atoms with van der Waals surface area (Å²) in [4.78, 5) is 18.4. The van der Waals surface area contributed by atoms with Crippen LogP contribution in [-0.2, 0) is 24.1 Å². The molecule has 1 amide bonds. The quantitative estimate of drug-likeness (QED) is 0.692. The number of benzene rings is 2. The standard InChI is InChI=1S/C22H22N2OS/c1-14(2)16-9-7-15(8-10-16)13-20(25)23-22-24-21-18-6-4-3-5-17(18)11-12-19(21)26-22/h3-10,14H,11-13H2,1-2H3,(H,23,24,25). The lowest BCUT2D eigenvalue weighted by atomic mass is 9.94. The van der Waals surface area contributed by atoms with Gasteiger partial charge < -0.3 is 5.32 Å². The molecule has 0 saturated carbocycles. The van der Waals surface area contributed by atoms with Crippen molar-refractivity contribution in [3.63, 3.8) is 0 Å². The maximum absolute atomic E-state index is 12.4. The molecule has 0 fully saturated rings. The first kappa shape index (κ1) is 17.0. The highest BCUT2D eigenvalue weighted by molar-refractivity contribution is 7.16. The summed E-state index contributed by atoms with van der Waals surface area (Å²) >= 11 is 1.60. The molecule has 132 valence electrons. The number of anilines is 1. The molecule has 0 radical (unpaired) electrons. The van der Waals surface area contributed by atoms with Gasteiger partial charge in [-0.25, -0.2) is 4.98 Å². The number of nitrogens with zero attached hydrogens (tertiary/aromatic N) is 1. The number of aryl methyl sites for hydroxylation is 2. The summed E-state index contributed by atoms with van der Waals surface area (Å²) in [6, 6.07) is 16.7. The van der Waals surface area contributed by atoms with E-state index in [1.165, 1.54) is 21.6 Å². The molecule has 26 heavy (non-hydrogen) atoms. The summed E-state index contributed by atoms with van der Waals surface area (Å²) in [6.45, 7) is 4.34. The number of carbonyl (C=O) groups excluding carboxylic acids is 1. The summed E-state index contributed by atoms with van der Waals surface area (Å²) in [5.74, 6) is 0.490. The number of fused-ring (bicyclic) bond motifs is 3. The molecule has 1 heterocycles. The van der Waals surface area contributed by atoms with Gasteiger partial charge in [-0.3, -0.25) is 4.79 Å². The van der Waals surface area contributed by atoms with Gasteiger partial charge in [0.25, 0.3) is 0 Å². The Balaban J connectivity index is 1.47. The van der Waals surface area contributed by atoms with E-state index in [-0.39, 0.29) is 5.91 Å². The number of amides is 1. The Kier molecular flexibility index (Phi) is 4.60. The number of hydrogen-bond acceptors (Lipinski definition) is 3. The van der Waals surface area contributed by atoms with Gasteiger partial charge >= 0.3 is 0 Å². The molecule has 0 saturated heterocycles. The van der Waals surface area contributed by atoms with E-state index in [1.54, 1.807) is 11.3 Å². The van der Waals surface area contributed by atoms with Crippen molar-refractivity contribution in [2.24, 2.45) is 0 Å². The van der Waals surface area contributed by atoms with E-state index in [2.05, 4.69) is 49.5 Å². The third kappa shape index (κ3) is 3.42. The molecule has 3 aromatic rings. The van der Waals surface area contributed by atoms with Crippen LogP contribution in [0.5, 0.6) is 0 Å². The van der Waals surface area contributed by atoms with E-state index in [1.807, 2.05) is 18.2 Å². The minimum atomic E-state index is -0.0123. The van der Waals surface area contributed by atoms with Crippen LogP contribution in [0, 0.1) is 0 Å². The van der Waals surface area contributed by atoms with Crippen LogP contribution in [0.3, 0.4) is 0 Å². The summed E-state index contributed by atoms with van der Waals surface area (Å²) in [7, 11) is 0. The first-order valence-corrected chi connectivity index (χ1v) is 9.88. The van der Waals surface area contributed by atoms with Gasteiger partial charge in [0, 0.05) is 10.4 Å². The second-order valence-electron chi connectivity index (χ2n) is 7.07. The molecule has 0 atom stereocenters. The number of nitrogens with one attached hydrogen (secondary N) is 1. The van der Waals surface area contributed by atoms with Crippen molar-refractivity contribution >= 4 is 22.4 Å². The van der Waals surface area contributed by atoms with Crippen molar-refractivity contribution in [3.8, 4) is 11.3 Å². The van der Waals surface area contributed by atoms with Gasteiger partial charge in [0.2, 0.25) is 5.91 Å². The lowest BCUT2D eigenvalue weighted by Crippen LogP contribution is -2.14. The average Bonchev–Trinajstić information content (AvgIpc) is 3.05. The zero-order valence-corrected chi connectivity index (χ0v) is 15.9. The van der Waals surface area contributed by atoms with Crippen molar-refractivity contribution in [2.75, 3.05) is 5.32 Å². The van der Waals surface area contributed by atoms with Crippen LogP contribution in [0.25, 0.3) is 11.3 Å². The second kappa shape index (κ2) is 7.04. The molecule has 0 spiro atoms. The minimum Gasteiger partial charge on any atom is -0.302 e. The van der Waals surface area contributed by atoms with E-state index in [4.69, 9.17) is 4.98 Å². The Hall–Kier alpha value is -2.46. The fraction of sp³-hybridized carbons (Fsp3) is 0.273. The zero-order valence-electron chi connectivity index (χ0n) is 15.1. The largest absolute Gasteiger partial charge is 0.302 e. The third-order valence-electron chi connectivity index (χ3n) is 4.85. The van der Waals surface area contributed by atoms with Crippen LogP contribution >= 0.6 is 11.3 Å². The third-order valence-corrected chi connectivity index (χ3v) is 5.88. The first-order valence-electron chi connectivity index (χ1n) is 9.07. The van der Waals surface area contributed by atoms with E-state index < -0.39 is 0 Å². The number of aromatic nitrogens is 1. The lowest BCUT2D eigenvalue weighted by Gasteiger charge is -2.13. The highest BCUT2D eigenvalue weighted by atomic mass is 32.1. The molecule has 1 aromatic heterocycles. The van der Waals surface area contributed by atoms with Crippen LogP contribution in [0.2, 0.25) is 0 Å². The van der Waals surface area contributed by atoms with Gasteiger partial charge in [-0.15, -0.1) is 11.3 Å². The summed E-state index contributed by atoms with van der Waals surface area (Å²) < 4.78 is 0. The molecular weight excluding hydrogens is 340 g/mol. The van der Waals surface area contributed by atoms with Crippen molar-refractivity contribution in [1.29, 1.82) is 0 Å².